The Morgan fingerprint density at radius 3 is 2.08 bits per heavy atom. The molecule has 1 fully saturated rings. The van der Waals surface area contributed by atoms with Gasteiger partial charge in [0.25, 0.3) is 0 Å². The van der Waals surface area contributed by atoms with E-state index in [0.717, 1.165) is 24.0 Å². The fourth-order valence-electron chi connectivity index (χ4n) is 3.39. The number of hydrogen-bond donors (Lipinski definition) is 0. The molecule has 0 N–H and O–H groups in total. The van der Waals surface area contributed by atoms with Crippen molar-refractivity contribution in [1.82, 2.24) is 0 Å². The highest BCUT2D eigenvalue weighted by Gasteiger charge is 2.32. The molecule has 0 bridgehead atoms. The van der Waals surface area contributed by atoms with Crippen molar-refractivity contribution in [3.8, 4) is 17.2 Å². The van der Waals surface area contributed by atoms with E-state index in [0.29, 0.717) is 23.2 Å². The molecule has 0 aromatic heterocycles. The van der Waals surface area contributed by atoms with Gasteiger partial charge in [0, 0.05) is 5.92 Å². The number of ketones is 1. The summed E-state index contributed by atoms with van der Waals surface area (Å²) in [5.41, 5.74) is 1.79. The van der Waals surface area contributed by atoms with E-state index in [4.69, 9.17) is 14.2 Å². The predicted octanol–water partition coefficient (Wildman–Crippen LogP) is 4.37. The summed E-state index contributed by atoms with van der Waals surface area (Å²) in [5, 5.41) is 0. The molecule has 2 atom stereocenters. The number of carbonyl (C=O) groups is 1. The highest BCUT2D eigenvalue weighted by molar-refractivity contribution is 6.02. The van der Waals surface area contributed by atoms with Crippen LogP contribution in [0.25, 0.3) is 6.08 Å². The summed E-state index contributed by atoms with van der Waals surface area (Å²) in [6, 6.07) is 3.76. The molecule has 0 aliphatic heterocycles. The van der Waals surface area contributed by atoms with Crippen molar-refractivity contribution in [2.24, 2.45) is 17.8 Å². The Bertz CT molecular complexity index is 606. The van der Waals surface area contributed by atoms with E-state index in [9.17, 15) is 4.79 Å². The van der Waals surface area contributed by atoms with Gasteiger partial charge in [-0.2, -0.15) is 0 Å². The van der Waals surface area contributed by atoms with E-state index in [-0.39, 0.29) is 17.6 Å². The molecule has 1 aromatic carbocycles. The summed E-state index contributed by atoms with van der Waals surface area (Å²) >= 11 is 0. The van der Waals surface area contributed by atoms with Gasteiger partial charge in [0.05, 0.1) is 21.3 Å². The van der Waals surface area contributed by atoms with Crippen molar-refractivity contribution >= 4 is 11.9 Å². The first-order chi connectivity index (χ1) is 11.4. The predicted molar refractivity (Wildman–Crippen MR) is 95.8 cm³/mol. The first-order valence-electron chi connectivity index (χ1n) is 8.48. The molecule has 1 saturated carbocycles. The molecule has 0 radical (unpaired) electrons. The number of benzene rings is 1. The van der Waals surface area contributed by atoms with Crippen LogP contribution in [0.3, 0.4) is 0 Å². The quantitative estimate of drug-likeness (QED) is 0.751. The maximum absolute atomic E-state index is 12.9. The number of hydrogen-bond acceptors (Lipinski definition) is 4. The van der Waals surface area contributed by atoms with Gasteiger partial charge in [-0.3, -0.25) is 4.79 Å². The maximum atomic E-state index is 12.9. The molecule has 2 rings (SSSR count). The summed E-state index contributed by atoms with van der Waals surface area (Å²) in [6.45, 7) is 6.36. The molecule has 4 nitrogen and oxygen atoms in total. The number of allylic oxidation sites excluding steroid dienone is 1. The summed E-state index contributed by atoms with van der Waals surface area (Å²) in [4.78, 5) is 12.9. The number of rotatable bonds is 5. The lowest BCUT2D eigenvalue weighted by Gasteiger charge is -2.30. The van der Waals surface area contributed by atoms with Gasteiger partial charge in [-0.1, -0.05) is 20.8 Å². The molecule has 4 heteroatoms. The van der Waals surface area contributed by atoms with Gasteiger partial charge in [0.2, 0.25) is 5.75 Å². The summed E-state index contributed by atoms with van der Waals surface area (Å²) in [6.07, 6.45) is 4.00. The fourth-order valence-corrected chi connectivity index (χ4v) is 3.39. The second-order valence-electron chi connectivity index (χ2n) is 6.75. The minimum Gasteiger partial charge on any atom is -0.493 e. The molecule has 0 unspecified atom stereocenters. The summed E-state index contributed by atoms with van der Waals surface area (Å²) < 4.78 is 16.2. The highest BCUT2D eigenvalue weighted by Crippen LogP contribution is 2.40. The van der Waals surface area contributed by atoms with Crippen LogP contribution in [0.4, 0.5) is 0 Å². The van der Waals surface area contributed by atoms with Crippen LogP contribution in [0.15, 0.2) is 17.7 Å². The normalized spacial score (nSPS) is 22.8. The van der Waals surface area contributed by atoms with Gasteiger partial charge >= 0.3 is 0 Å². The monoisotopic (exact) mass is 332 g/mol. The zero-order valence-corrected chi connectivity index (χ0v) is 15.5. The van der Waals surface area contributed by atoms with E-state index in [1.165, 1.54) is 0 Å². The molecular formula is C20H28O4. The molecule has 0 amide bonds. The van der Waals surface area contributed by atoms with Crippen molar-refractivity contribution in [3.05, 3.63) is 23.3 Å². The lowest BCUT2D eigenvalue weighted by atomic mass is 9.73. The van der Waals surface area contributed by atoms with Gasteiger partial charge in [0.1, 0.15) is 0 Å². The Morgan fingerprint density at radius 1 is 1.04 bits per heavy atom. The SMILES string of the molecule is COc1cc(C=C2C(=O)[C@H](C(C)C)CC[C@H]2C)cc(OC)c1OC. The third-order valence-electron chi connectivity index (χ3n) is 4.88. The zero-order valence-electron chi connectivity index (χ0n) is 15.5. The summed E-state index contributed by atoms with van der Waals surface area (Å²) in [5.74, 6) is 2.79. The third kappa shape index (κ3) is 3.58. The largest absolute Gasteiger partial charge is 0.493 e. The van der Waals surface area contributed by atoms with Crippen LogP contribution in [0, 0.1) is 17.8 Å². The van der Waals surface area contributed by atoms with Crippen LogP contribution in [0.5, 0.6) is 17.2 Å². The molecule has 0 saturated heterocycles. The molecule has 1 aliphatic carbocycles. The number of Topliss-reactive ketones (excluding diaryl/α,β-unsaturated/α-hetero) is 1. The van der Waals surface area contributed by atoms with Crippen LogP contribution in [0.2, 0.25) is 0 Å². The van der Waals surface area contributed by atoms with E-state index >= 15 is 0 Å². The van der Waals surface area contributed by atoms with E-state index in [2.05, 4.69) is 20.8 Å². The standard InChI is InChI=1S/C20H28O4/c1-12(2)15-8-7-13(3)16(19(15)21)9-14-10-17(22-4)20(24-6)18(11-14)23-5/h9-13,15H,7-8H2,1-6H3/t13-,15+/m1/s1. The van der Waals surface area contributed by atoms with Crippen molar-refractivity contribution in [2.75, 3.05) is 21.3 Å². The number of ether oxygens (including phenoxy) is 3. The van der Waals surface area contributed by atoms with Crippen molar-refractivity contribution in [1.29, 1.82) is 0 Å². The first kappa shape index (κ1) is 18.4. The van der Waals surface area contributed by atoms with Gasteiger partial charge in [-0.25, -0.2) is 0 Å². The van der Waals surface area contributed by atoms with Crippen LogP contribution >= 0.6 is 0 Å². The average Bonchev–Trinajstić information content (AvgIpc) is 2.57. The van der Waals surface area contributed by atoms with Crippen LogP contribution in [-0.2, 0) is 4.79 Å². The number of methoxy groups -OCH3 is 3. The van der Waals surface area contributed by atoms with Crippen LogP contribution in [-0.4, -0.2) is 27.1 Å². The van der Waals surface area contributed by atoms with E-state index in [1.54, 1.807) is 21.3 Å². The Hall–Kier alpha value is -1.97. The van der Waals surface area contributed by atoms with Crippen LogP contribution in [0.1, 0.15) is 39.2 Å². The van der Waals surface area contributed by atoms with Gasteiger partial charge in [-0.15, -0.1) is 0 Å². The highest BCUT2D eigenvalue weighted by atomic mass is 16.5. The minimum absolute atomic E-state index is 0.120. The minimum atomic E-state index is 0.120. The molecule has 0 spiro atoms. The Morgan fingerprint density at radius 2 is 1.62 bits per heavy atom. The lowest BCUT2D eigenvalue weighted by molar-refractivity contribution is -0.122. The average molecular weight is 332 g/mol. The molecule has 132 valence electrons. The topological polar surface area (TPSA) is 44.8 Å². The summed E-state index contributed by atoms with van der Waals surface area (Å²) in [7, 11) is 4.77. The van der Waals surface area contributed by atoms with Crippen molar-refractivity contribution in [2.45, 2.75) is 33.6 Å². The fraction of sp³-hybridized carbons (Fsp3) is 0.550. The second kappa shape index (κ2) is 7.73. The van der Waals surface area contributed by atoms with Crippen LogP contribution < -0.4 is 14.2 Å². The molecular weight excluding hydrogens is 304 g/mol. The van der Waals surface area contributed by atoms with Gasteiger partial charge in [-0.05, 0) is 54.0 Å². The maximum Gasteiger partial charge on any atom is 0.203 e. The molecule has 24 heavy (non-hydrogen) atoms. The Labute approximate surface area is 144 Å². The van der Waals surface area contributed by atoms with E-state index < -0.39 is 0 Å². The number of carbonyl (C=O) groups excluding carboxylic acids is 1. The van der Waals surface area contributed by atoms with Gasteiger partial charge in [0.15, 0.2) is 17.3 Å². The van der Waals surface area contributed by atoms with Gasteiger partial charge < -0.3 is 14.2 Å². The third-order valence-corrected chi connectivity index (χ3v) is 4.88. The molecule has 1 aliphatic rings. The van der Waals surface area contributed by atoms with Crippen molar-refractivity contribution in [3.63, 3.8) is 0 Å². The smallest absolute Gasteiger partial charge is 0.203 e. The first-order valence-corrected chi connectivity index (χ1v) is 8.48. The Balaban J connectivity index is 2.47. The lowest BCUT2D eigenvalue weighted by Crippen LogP contribution is -2.30. The zero-order chi connectivity index (χ0) is 17.9. The molecule has 0 heterocycles. The molecule has 1 aromatic rings. The van der Waals surface area contributed by atoms with Crippen molar-refractivity contribution < 1.29 is 19.0 Å². The van der Waals surface area contributed by atoms with E-state index in [1.807, 2.05) is 18.2 Å². The second-order valence-corrected chi connectivity index (χ2v) is 6.75. The Kier molecular flexibility index (Phi) is 5.92.